The zero-order valence-corrected chi connectivity index (χ0v) is 15.6. The second-order valence-corrected chi connectivity index (χ2v) is 7.28. The molecule has 0 radical (unpaired) electrons. The van der Waals surface area contributed by atoms with Crippen LogP contribution in [0.1, 0.15) is 27.2 Å². The number of anilines is 1. The lowest BCUT2D eigenvalue weighted by Crippen LogP contribution is -2.50. The van der Waals surface area contributed by atoms with Gasteiger partial charge < -0.3 is 4.74 Å². The van der Waals surface area contributed by atoms with E-state index in [1.807, 2.05) is 0 Å². The maximum absolute atomic E-state index is 13.2. The van der Waals surface area contributed by atoms with Gasteiger partial charge in [-0.2, -0.15) is 5.10 Å². The summed E-state index contributed by atoms with van der Waals surface area (Å²) in [7, 11) is 1.19. The zero-order valence-electron chi connectivity index (χ0n) is 15.6. The fourth-order valence-electron chi connectivity index (χ4n) is 3.72. The van der Waals surface area contributed by atoms with Gasteiger partial charge in [-0.15, -0.1) is 0 Å². The number of hydrogen-bond donors (Lipinski definition) is 0. The lowest BCUT2D eigenvalue weighted by Gasteiger charge is -2.36. The first-order chi connectivity index (χ1) is 12.7. The molecule has 0 aliphatic carbocycles. The minimum Gasteiger partial charge on any atom is -0.464 e. The van der Waals surface area contributed by atoms with Crippen LogP contribution in [0.3, 0.4) is 0 Å². The van der Waals surface area contributed by atoms with E-state index in [1.165, 1.54) is 19.0 Å². The fourth-order valence-corrected chi connectivity index (χ4v) is 3.72. The quantitative estimate of drug-likeness (QED) is 0.569. The highest BCUT2D eigenvalue weighted by Gasteiger charge is 2.60. The highest BCUT2D eigenvalue weighted by molar-refractivity contribution is 6.46. The lowest BCUT2D eigenvalue weighted by molar-refractivity contribution is -0.133. The first-order valence-corrected chi connectivity index (χ1v) is 8.57. The Morgan fingerprint density at radius 1 is 1.15 bits per heavy atom. The first kappa shape index (κ1) is 18.8. The summed E-state index contributed by atoms with van der Waals surface area (Å²) < 4.78 is 4.76. The van der Waals surface area contributed by atoms with E-state index in [0.717, 1.165) is 4.90 Å². The van der Waals surface area contributed by atoms with Crippen molar-refractivity contribution in [3.05, 3.63) is 30.3 Å². The molecule has 142 valence electrons. The predicted molar refractivity (Wildman–Crippen MR) is 96.9 cm³/mol. The molecule has 0 saturated carbocycles. The van der Waals surface area contributed by atoms with Crippen LogP contribution in [0.5, 0.6) is 0 Å². The van der Waals surface area contributed by atoms with Gasteiger partial charge in [0.25, 0.3) is 5.91 Å². The third-order valence-electron chi connectivity index (χ3n) is 4.76. The number of para-hydroxylation sites is 1. The summed E-state index contributed by atoms with van der Waals surface area (Å²) in [4.78, 5) is 51.2. The summed E-state index contributed by atoms with van der Waals surface area (Å²) in [5, 5.41) is 5.66. The summed E-state index contributed by atoms with van der Waals surface area (Å²) in [5.41, 5.74) is -0.543. The Bertz CT molecular complexity index is 846. The van der Waals surface area contributed by atoms with Crippen molar-refractivity contribution < 1.29 is 23.9 Å². The molecule has 0 unspecified atom stereocenters. The molecule has 0 bridgehead atoms. The maximum Gasteiger partial charge on any atom is 0.355 e. The number of hydrazone groups is 1. The molecule has 0 N–H and O–H groups in total. The number of hydrogen-bond acceptors (Lipinski definition) is 7. The Morgan fingerprint density at radius 2 is 1.78 bits per heavy atom. The largest absolute Gasteiger partial charge is 0.464 e. The van der Waals surface area contributed by atoms with Crippen LogP contribution in [-0.2, 0) is 23.9 Å². The molecule has 0 spiro atoms. The van der Waals surface area contributed by atoms with E-state index >= 15 is 0 Å². The predicted octanol–water partition coefficient (Wildman–Crippen LogP) is 1.15. The van der Waals surface area contributed by atoms with Crippen molar-refractivity contribution in [1.29, 1.82) is 0 Å². The molecular weight excluding hydrogens is 350 g/mol. The van der Waals surface area contributed by atoms with Crippen molar-refractivity contribution >= 4 is 35.0 Å². The van der Waals surface area contributed by atoms with E-state index in [2.05, 4.69) is 5.10 Å². The fraction of sp³-hybridized carbons (Fsp3) is 0.421. The van der Waals surface area contributed by atoms with Crippen LogP contribution in [0.15, 0.2) is 35.4 Å². The average molecular weight is 371 g/mol. The Labute approximate surface area is 156 Å². The van der Waals surface area contributed by atoms with Gasteiger partial charge in [-0.3, -0.25) is 19.4 Å². The van der Waals surface area contributed by atoms with E-state index in [4.69, 9.17) is 4.74 Å². The van der Waals surface area contributed by atoms with Gasteiger partial charge in [0.15, 0.2) is 5.71 Å². The van der Waals surface area contributed by atoms with Gasteiger partial charge in [0.2, 0.25) is 5.91 Å². The molecule has 1 fully saturated rings. The van der Waals surface area contributed by atoms with Gasteiger partial charge in [-0.05, 0) is 32.9 Å². The van der Waals surface area contributed by atoms with Crippen molar-refractivity contribution in [3.63, 3.8) is 0 Å². The molecule has 2 atom stereocenters. The molecule has 0 aromatic heterocycles. The van der Waals surface area contributed by atoms with Crippen molar-refractivity contribution in [2.45, 2.75) is 38.8 Å². The molecule has 2 aliphatic heterocycles. The van der Waals surface area contributed by atoms with Crippen LogP contribution in [0.2, 0.25) is 0 Å². The number of esters is 1. The SMILES string of the molecule is COC(=O)C1=NN(C(C)(C)CC(C)=O)[C@H]2C(=O)N(c3ccccc3)C(=O)[C@H]12. The van der Waals surface area contributed by atoms with Crippen molar-refractivity contribution in [2.75, 3.05) is 12.0 Å². The van der Waals surface area contributed by atoms with Crippen LogP contribution >= 0.6 is 0 Å². The molecule has 8 nitrogen and oxygen atoms in total. The molecule has 27 heavy (non-hydrogen) atoms. The summed E-state index contributed by atoms with van der Waals surface area (Å²) in [6.45, 7) is 4.94. The van der Waals surface area contributed by atoms with Gasteiger partial charge in [-0.25, -0.2) is 9.69 Å². The smallest absolute Gasteiger partial charge is 0.355 e. The molecule has 2 amide bonds. The van der Waals surface area contributed by atoms with E-state index < -0.39 is 35.3 Å². The molecule has 2 aliphatic rings. The molecular formula is C19H21N3O5. The minimum atomic E-state index is -1.06. The van der Waals surface area contributed by atoms with Crippen LogP contribution in [0.4, 0.5) is 5.69 Å². The van der Waals surface area contributed by atoms with Crippen LogP contribution in [0.25, 0.3) is 0 Å². The number of benzene rings is 1. The molecule has 8 heteroatoms. The molecule has 2 heterocycles. The third-order valence-corrected chi connectivity index (χ3v) is 4.76. The number of nitrogens with zero attached hydrogens (tertiary/aromatic N) is 3. The number of amides is 2. The van der Waals surface area contributed by atoms with Crippen LogP contribution in [-0.4, -0.2) is 53.0 Å². The van der Waals surface area contributed by atoms with Crippen LogP contribution in [0, 0.1) is 5.92 Å². The summed E-state index contributed by atoms with van der Waals surface area (Å²) >= 11 is 0. The van der Waals surface area contributed by atoms with Gasteiger partial charge in [0, 0.05) is 6.42 Å². The number of carbonyl (C=O) groups excluding carboxylic acids is 4. The Morgan fingerprint density at radius 3 is 2.33 bits per heavy atom. The maximum atomic E-state index is 13.2. The second kappa shape index (κ2) is 6.61. The summed E-state index contributed by atoms with van der Waals surface area (Å²) in [6.07, 6.45) is 0.112. The average Bonchev–Trinajstić information content (AvgIpc) is 3.12. The highest BCUT2D eigenvalue weighted by Crippen LogP contribution is 2.39. The topological polar surface area (TPSA) is 96.3 Å². The Hall–Kier alpha value is -3.03. The summed E-state index contributed by atoms with van der Waals surface area (Å²) in [5.74, 6) is -2.91. The third kappa shape index (κ3) is 3.01. The van der Waals surface area contributed by atoms with Gasteiger partial charge in [0.1, 0.15) is 17.7 Å². The number of fused-ring (bicyclic) bond motifs is 1. The number of ether oxygens (including phenoxy) is 1. The number of carbonyl (C=O) groups is 4. The molecule has 1 aromatic carbocycles. The summed E-state index contributed by atoms with van der Waals surface area (Å²) in [6, 6.07) is 7.53. The van der Waals surface area contributed by atoms with Gasteiger partial charge in [0.05, 0.1) is 18.3 Å². The zero-order chi connectivity index (χ0) is 19.9. The molecule has 3 rings (SSSR count). The van der Waals surface area contributed by atoms with Crippen molar-refractivity contribution in [2.24, 2.45) is 11.0 Å². The van der Waals surface area contributed by atoms with Crippen molar-refractivity contribution in [3.8, 4) is 0 Å². The van der Waals surface area contributed by atoms with Crippen LogP contribution < -0.4 is 4.90 Å². The molecule has 1 aromatic rings. The number of methoxy groups -OCH3 is 1. The highest BCUT2D eigenvalue weighted by atomic mass is 16.5. The Balaban J connectivity index is 2.07. The number of imide groups is 1. The number of rotatable bonds is 5. The normalized spacial score (nSPS) is 22.0. The molecule has 1 saturated heterocycles. The second-order valence-electron chi connectivity index (χ2n) is 7.28. The van der Waals surface area contributed by atoms with Gasteiger partial charge in [-0.1, -0.05) is 18.2 Å². The van der Waals surface area contributed by atoms with E-state index in [-0.39, 0.29) is 17.9 Å². The van der Waals surface area contributed by atoms with Gasteiger partial charge >= 0.3 is 5.97 Å². The number of Topliss-reactive ketones (excluding diaryl/α,β-unsaturated/α-hetero) is 1. The van der Waals surface area contributed by atoms with E-state index in [9.17, 15) is 19.2 Å². The Kier molecular flexibility index (Phi) is 4.59. The first-order valence-electron chi connectivity index (χ1n) is 8.57. The van der Waals surface area contributed by atoms with E-state index in [1.54, 1.807) is 44.2 Å². The van der Waals surface area contributed by atoms with E-state index in [0.29, 0.717) is 5.69 Å². The number of ketones is 1. The van der Waals surface area contributed by atoms with Crippen molar-refractivity contribution in [1.82, 2.24) is 5.01 Å². The monoisotopic (exact) mass is 371 g/mol. The lowest BCUT2D eigenvalue weighted by atomic mass is 9.92. The minimum absolute atomic E-state index is 0.0880. The standard InChI is InChI=1S/C19H21N3O5/c1-11(23)10-19(2,3)22-15-13(14(20-22)18(26)27-4)16(24)21(17(15)25)12-8-6-5-7-9-12/h5-9,13,15H,10H2,1-4H3/t13-,15-/m1/s1.